The van der Waals surface area contributed by atoms with E-state index in [-0.39, 0.29) is 5.91 Å². The summed E-state index contributed by atoms with van der Waals surface area (Å²) in [7, 11) is 5.63. The number of carbonyl (C=O) groups excluding carboxylic acids is 1. The van der Waals surface area contributed by atoms with Gasteiger partial charge in [0.1, 0.15) is 5.75 Å². The topological polar surface area (TPSA) is 32.8 Å². The number of carbonyl (C=O) groups is 1. The van der Waals surface area contributed by atoms with Crippen molar-refractivity contribution < 1.29 is 9.53 Å². The molecule has 0 saturated carbocycles. The van der Waals surface area contributed by atoms with Crippen LogP contribution in [0.1, 0.15) is 18.1 Å². The maximum atomic E-state index is 12.8. The minimum Gasteiger partial charge on any atom is -0.496 e. The molecule has 1 aliphatic rings. The highest BCUT2D eigenvalue weighted by Crippen LogP contribution is 2.38. The SMILES string of the molecule is CCN1C(=O)/C(=C\c2ccc(N(C)C)cc2OC)c2ccccc21. The third-order valence-electron chi connectivity index (χ3n) is 4.31. The van der Waals surface area contributed by atoms with E-state index in [1.54, 1.807) is 7.11 Å². The molecule has 0 atom stereocenters. The zero-order valence-electron chi connectivity index (χ0n) is 14.5. The van der Waals surface area contributed by atoms with Crippen LogP contribution in [0.5, 0.6) is 5.75 Å². The Morgan fingerprint density at radius 3 is 2.58 bits per heavy atom. The number of benzene rings is 2. The molecule has 0 N–H and O–H groups in total. The fourth-order valence-electron chi connectivity index (χ4n) is 3.01. The van der Waals surface area contributed by atoms with Gasteiger partial charge in [0.2, 0.25) is 0 Å². The summed E-state index contributed by atoms with van der Waals surface area (Å²) in [5.41, 5.74) is 4.62. The Bertz CT molecular complexity index is 809. The van der Waals surface area contributed by atoms with Gasteiger partial charge in [-0.3, -0.25) is 4.79 Å². The molecule has 0 spiro atoms. The van der Waals surface area contributed by atoms with Crippen LogP contribution >= 0.6 is 0 Å². The van der Waals surface area contributed by atoms with E-state index < -0.39 is 0 Å². The molecule has 0 fully saturated rings. The van der Waals surface area contributed by atoms with Crippen molar-refractivity contribution in [1.82, 2.24) is 0 Å². The second-order valence-corrected chi connectivity index (χ2v) is 5.95. The smallest absolute Gasteiger partial charge is 0.258 e. The van der Waals surface area contributed by atoms with Gasteiger partial charge in [0.05, 0.1) is 12.8 Å². The standard InChI is InChI=1S/C20H22N2O2/c1-5-22-18-9-7-6-8-16(18)17(20(22)23)12-14-10-11-15(21(2)3)13-19(14)24-4/h6-13H,5H2,1-4H3/b17-12-. The lowest BCUT2D eigenvalue weighted by Crippen LogP contribution is -2.25. The number of para-hydroxylation sites is 1. The fraction of sp³-hybridized carbons (Fsp3) is 0.250. The van der Waals surface area contributed by atoms with Gasteiger partial charge >= 0.3 is 0 Å². The summed E-state index contributed by atoms with van der Waals surface area (Å²) in [6.07, 6.45) is 1.93. The molecule has 0 aliphatic carbocycles. The number of nitrogens with zero attached hydrogens (tertiary/aromatic N) is 2. The van der Waals surface area contributed by atoms with Crippen LogP contribution in [0.2, 0.25) is 0 Å². The molecule has 0 aromatic heterocycles. The minimum absolute atomic E-state index is 0.0393. The van der Waals surface area contributed by atoms with Crippen LogP contribution in [-0.4, -0.2) is 33.7 Å². The maximum absolute atomic E-state index is 12.8. The molecule has 0 saturated heterocycles. The number of hydrogen-bond donors (Lipinski definition) is 0. The highest BCUT2D eigenvalue weighted by Gasteiger charge is 2.30. The summed E-state index contributed by atoms with van der Waals surface area (Å²) in [4.78, 5) is 16.6. The Kier molecular flexibility index (Phi) is 4.30. The molecule has 1 aliphatic heterocycles. The Balaban J connectivity index is 2.10. The molecule has 124 valence electrons. The fourth-order valence-corrected chi connectivity index (χ4v) is 3.01. The molecule has 24 heavy (non-hydrogen) atoms. The highest BCUT2D eigenvalue weighted by molar-refractivity contribution is 6.35. The van der Waals surface area contributed by atoms with Gasteiger partial charge < -0.3 is 14.5 Å². The van der Waals surface area contributed by atoms with E-state index >= 15 is 0 Å². The lowest BCUT2D eigenvalue weighted by Gasteiger charge is -2.15. The zero-order valence-corrected chi connectivity index (χ0v) is 14.5. The normalized spacial score (nSPS) is 14.9. The molecule has 4 nitrogen and oxygen atoms in total. The van der Waals surface area contributed by atoms with E-state index in [0.29, 0.717) is 12.1 Å². The Labute approximate surface area is 143 Å². The van der Waals surface area contributed by atoms with E-state index in [0.717, 1.165) is 28.3 Å². The predicted octanol–water partition coefficient (Wildman–Crippen LogP) is 3.67. The summed E-state index contributed by atoms with van der Waals surface area (Å²) in [6.45, 7) is 2.65. The van der Waals surface area contributed by atoms with E-state index in [1.807, 2.05) is 79.4 Å². The second kappa shape index (κ2) is 6.40. The lowest BCUT2D eigenvalue weighted by atomic mass is 10.0. The van der Waals surface area contributed by atoms with Crippen LogP contribution in [0.4, 0.5) is 11.4 Å². The van der Waals surface area contributed by atoms with Crippen LogP contribution in [0.3, 0.4) is 0 Å². The number of methoxy groups -OCH3 is 1. The van der Waals surface area contributed by atoms with Gasteiger partial charge in [-0.1, -0.05) is 18.2 Å². The van der Waals surface area contributed by atoms with Crippen LogP contribution in [0, 0.1) is 0 Å². The summed E-state index contributed by atoms with van der Waals surface area (Å²) >= 11 is 0. The van der Waals surface area contributed by atoms with Crippen molar-refractivity contribution >= 4 is 28.9 Å². The quantitative estimate of drug-likeness (QED) is 0.805. The van der Waals surface area contributed by atoms with Crippen molar-refractivity contribution in [3.63, 3.8) is 0 Å². The van der Waals surface area contributed by atoms with Crippen LogP contribution in [-0.2, 0) is 4.79 Å². The first-order valence-electron chi connectivity index (χ1n) is 8.05. The van der Waals surface area contributed by atoms with E-state index in [4.69, 9.17) is 4.74 Å². The highest BCUT2D eigenvalue weighted by atomic mass is 16.5. The molecule has 1 heterocycles. The minimum atomic E-state index is 0.0393. The molecular formula is C20H22N2O2. The maximum Gasteiger partial charge on any atom is 0.258 e. The Hall–Kier alpha value is -2.75. The molecule has 2 aromatic carbocycles. The van der Waals surface area contributed by atoms with Crippen molar-refractivity contribution in [2.24, 2.45) is 0 Å². The number of likely N-dealkylation sites (N-methyl/N-ethyl adjacent to an activating group) is 1. The number of amides is 1. The summed E-state index contributed by atoms with van der Waals surface area (Å²) < 4.78 is 5.53. The van der Waals surface area contributed by atoms with E-state index in [2.05, 4.69) is 0 Å². The monoisotopic (exact) mass is 322 g/mol. The lowest BCUT2D eigenvalue weighted by molar-refractivity contribution is -0.112. The van der Waals surface area contributed by atoms with E-state index in [1.165, 1.54) is 0 Å². The molecule has 1 amide bonds. The third-order valence-corrected chi connectivity index (χ3v) is 4.31. The van der Waals surface area contributed by atoms with Crippen LogP contribution < -0.4 is 14.5 Å². The average molecular weight is 322 g/mol. The molecule has 0 radical (unpaired) electrons. The first kappa shape index (κ1) is 16.1. The summed E-state index contributed by atoms with van der Waals surface area (Å²) in [5.74, 6) is 0.798. The van der Waals surface area contributed by atoms with Gasteiger partial charge in [-0.2, -0.15) is 0 Å². The molecule has 0 unspecified atom stereocenters. The molecule has 2 aromatic rings. The number of hydrogen-bond acceptors (Lipinski definition) is 3. The van der Waals surface area contributed by atoms with Gasteiger partial charge in [0.25, 0.3) is 5.91 Å². The number of ether oxygens (including phenoxy) is 1. The van der Waals surface area contributed by atoms with Gasteiger partial charge in [0.15, 0.2) is 0 Å². The molecular weight excluding hydrogens is 300 g/mol. The zero-order chi connectivity index (χ0) is 17.3. The number of fused-ring (bicyclic) bond motifs is 1. The third kappa shape index (κ3) is 2.64. The molecule has 4 heteroatoms. The van der Waals surface area contributed by atoms with Crippen molar-refractivity contribution in [1.29, 1.82) is 0 Å². The Morgan fingerprint density at radius 1 is 1.17 bits per heavy atom. The van der Waals surface area contributed by atoms with Crippen molar-refractivity contribution in [3.05, 3.63) is 53.6 Å². The van der Waals surface area contributed by atoms with Crippen LogP contribution in [0.25, 0.3) is 11.6 Å². The molecule has 0 bridgehead atoms. The number of anilines is 2. The van der Waals surface area contributed by atoms with Crippen LogP contribution in [0.15, 0.2) is 42.5 Å². The van der Waals surface area contributed by atoms with E-state index in [9.17, 15) is 4.79 Å². The van der Waals surface area contributed by atoms with Gasteiger partial charge in [-0.15, -0.1) is 0 Å². The van der Waals surface area contributed by atoms with Crippen molar-refractivity contribution in [2.75, 3.05) is 37.5 Å². The molecule has 3 rings (SSSR count). The van der Waals surface area contributed by atoms with Gasteiger partial charge in [-0.25, -0.2) is 0 Å². The first-order valence-corrected chi connectivity index (χ1v) is 8.05. The number of rotatable bonds is 4. The first-order chi connectivity index (χ1) is 11.6. The Morgan fingerprint density at radius 2 is 1.92 bits per heavy atom. The summed E-state index contributed by atoms with van der Waals surface area (Å²) in [5, 5.41) is 0. The van der Waals surface area contributed by atoms with Crippen molar-refractivity contribution in [2.45, 2.75) is 6.92 Å². The average Bonchev–Trinajstić information content (AvgIpc) is 2.86. The van der Waals surface area contributed by atoms with Gasteiger partial charge in [0, 0.05) is 49.1 Å². The summed E-state index contributed by atoms with van der Waals surface area (Å²) in [6, 6.07) is 13.9. The second-order valence-electron chi connectivity index (χ2n) is 5.95. The van der Waals surface area contributed by atoms with Gasteiger partial charge in [-0.05, 0) is 31.2 Å². The predicted molar refractivity (Wildman–Crippen MR) is 99.7 cm³/mol. The largest absolute Gasteiger partial charge is 0.496 e. The van der Waals surface area contributed by atoms with Crippen molar-refractivity contribution in [3.8, 4) is 5.75 Å².